The summed E-state index contributed by atoms with van der Waals surface area (Å²) in [5, 5.41) is 0. The van der Waals surface area contributed by atoms with Gasteiger partial charge in [0.2, 0.25) is 5.91 Å². The third-order valence-electron chi connectivity index (χ3n) is 7.87. The van der Waals surface area contributed by atoms with Crippen LogP contribution in [0.15, 0.2) is 84.9 Å². The summed E-state index contributed by atoms with van der Waals surface area (Å²) in [6, 6.07) is 28.3. The number of hydrogen-bond acceptors (Lipinski definition) is 5. The first-order chi connectivity index (χ1) is 19.2. The molecule has 39 heavy (non-hydrogen) atoms. The van der Waals surface area contributed by atoms with Gasteiger partial charge >= 0.3 is 0 Å². The number of carbonyl (C=O) groups excluding carboxylic acids is 2. The van der Waals surface area contributed by atoms with Crippen molar-refractivity contribution in [1.29, 1.82) is 0 Å². The monoisotopic (exact) mass is 525 g/mol. The van der Waals surface area contributed by atoms with E-state index in [0.717, 1.165) is 38.3 Å². The number of nitrogens with zero attached hydrogens (tertiary/aromatic N) is 3. The van der Waals surface area contributed by atoms with E-state index in [1.54, 1.807) is 0 Å². The molecule has 6 nitrogen and oxygen atoms in total. The van der Waals surface area contributed by atoms with Gasteiger partial charge in [-0.1, -0.05) is 86.8 Å². The molecule has 5 rings (SSSR count). The van der Waals surface area contributed by atoms with Crippen molar-refractivity contribution in [3.8, 4) is 5.75 Å². The van der Waals surface area contributed by atoms with Crippen LogP contribution in [-0.4, -0.2) is 60.4 Å². The molecule has 3 aromatic rings. The van der Waals surface area contributed by atoms with Crippen molar-refractivity contribution in [1.82, 2.24) is 9.80 Å². The first kappa shape index (κ1) is 27.1. The maximum Gasteiger partial charge on any atom is 0.251 e. The van der Waals surface area contributed by atoms with Gasteiger partial charge in [-0.15, -0.1) is 0 Å². The zero-order chi connectivity index (χ0) is 27.0. The van der Waals surface area contributed by atoms with Gasteiger partial charge in [-0.25, -0.2) is 4.90 Å². The number of piperazine rings is 1. The Morgan fingerprint density at radius 2 is 1.38 bits per heavy atom. The smallest absolute Gasteiger partial charge is 0.251 e. The fourth-order valence-corrected chi connectivity index (χ4v) is 5.77. The van der Waals surface area contributed by atoms with Crippen LogP contribution in [0, 0.1) is 0 Å². The van der Waals surface area contributed by atoms with Crippen LogP contribution in [0.4, 0.5) is 5.69 Å². The lowest BCUT2D eigenvalue weighted by molar-refractivity contribution is -0.123. The molecule has 0 aromatic heterocycles. The number of rotatable bonds is 11. The van der Waals surface area contributed by atoms with E-state index in [2.05, 4.69) is 65.3 Å². The van der Waals surface area contributed by atoms with Gasteiger partial charge in [0.1, 0.15) is 5.75 Å². The normalized spacial score (nSPS) is 18.7. The first-order valence-electron chi connectivity index (χ1n) is 14.3. The molecule has 2 aliphatic heterocycles. The average molecular weight is 526 g/mol. The molecule has 2 heterocycles. The van der Waals surface area contributed by atoms with Gasteiger partial charge in [0, 0.05) is 26.2 Å². The van der Waals surface area contributed by atoms with Gasteiger partial charge in [-0.3, -0.25) is 19.4 Å². The van der Waals surface area contributed by atoms with Gasteiger partial charge in [0.15, 0.2) is 0 Å². The summed E-state index contributed by atoms with van der Waals surface area (Å²) in [6.07, 6.45) is 4.85. The molecule has 0 aliphatic carbocycles. The van der Waals surface area contributed by atoms with E-state index >= 15 is 0 Å². The van der Waals surface area contributed by atoms with Crippen molar-refractivity contribution >= 4 is 17.5 Å². The summed E-state index contributed by atoms with van der Waals surface area (Å²) >= 11 is 0. The highest BCUT2D eigenvalue weighted by Crippen LogP contribution is 2.32. The van der Waals surface area contributed by atoms with Crippen molar-refractivity contribution in [2.45, 2.75) is 51.1 Å². The Hall–Kier alpha value is -3.48. The standard InChI is InChI=1S/C33H39N3O3/c1-2-3-4-11-24-39-29-18-16-28(17-19-29)36-31(37)25-30(33(36)38)34-20-22-35(23-21-34)32(26-12-7-5-8-13-26)27-14-9-6-10-15-27/h5-10,12-19,30,32H,2-4,11,20-25H2,1H3. The molecule has 0 spiro atoms. The molecule has 0 bridgehead atoms. The Balaban J connectivity index is 1.20. The summed E-state index contributed by atoms with van der Waals surface area (Å²) in [7, 11) is 0. The molecular formula is C33H39N3O3. The van der Waals surface area contributed by atoms with Gasteiger partial charge in [0.25, 0.3) is 5.91 Å². The maximum atomic E-state index is 13.4. The average Bonchev–Trinajstić information content (AvgIpc) is 3.28. The number of unbranched alkanes of at least 4 members (excludes halogenated alkanes) is 3. The Morgan fingerprint density at radius 1 is 0.769 bits per heavy atom. The highest BCUT2D eigenvalue weighted by Gasteiger charge is 2.43. The fraction of sp³-hybridized carbons (Fsp3) is 0.394. The molecule has 1 unspecified atom stereocenters. The van der Waals surface area contributed by atoms with Gasteiger partial charge in [-0.2, -0.15) is 0 Å². The Morgan fingerprint density at radius 3 is 1.97 bits per heavy atom. The van der Waals surface area contributed by atoms with Crippen molar-refractivity contribution in [2.75, 3.05) is 37.7 Å². The number of ether oxygens (including phenoxy) is 1. The predicted molar refractivity (Wildman–Crippen MR) is 155 cm³/mol. The second-order valence-electron chi connectivity index (χ2n) is 10.5. The molecule has 0 saturated carbocycles. The third-order valence-corrected chi connectivity index (χ3v) is 7.87. The van der Waals surface area contributed by atoms with E-state index in [4.69, 9.17) is 4.74 Å². The van der Waals surface area contributed by atoms with Crippen LogP contribution in [-0.2, 0) is 9.59 Å². The van der Waals surface area contributed by atoms with Crippen molar-refractivity contribution in [3.63, 3.8) is 0 Å². The van der Waals surface area contributed by atoms with Crippen LogP contribution >= 0.6 is 0 Å². The zero-order valence-corrected chi connectivity index (χ0v) is 22.9. The van der Waals surface area contributed by atoms with E-state index < -0.39 is 6.04 Å². The zero-order valence-electron chi connectivity index (χ0n) is 22.9. The summed E-state index contributed by atoms with van der Waals surface area (Å²) < 4.78 is 5.83. The second-order valence-corrected chi connectivity index (χ2v) is 10.5. The number of hydrogen-bond donors (Lipinski definition) is 0. The van der Waals surface area contributed by atoms with E-state index in [-0.39, 0.29) is 24.3 Å². The molecule has 1 atom stereocenters. The summed E-state index contributed by atoms with van der Waals surface area (Å²) in [6.45, 7) is 6.03. The number of benzene rings is 3. The number of anilines is 1. The third kappa shape index (κ3) is 6.40. The van der Waals surface area contributed by atoms with Crippen LogP contribution in [0.3, 0.4) is 0 Å². The Bertz CT molecular complexity index is 1170. The molecule has 2 saturated heterocycles. The van der Waals surface area contributed by atoms with Crippen molar-refractivity contribution in [3.05, 3.63) is 96.1 Å². The molecule has 204 valence electrons. The largest absolute Gasteiger partial charge is 0.494 e. The Labute approximate surface area is 232 Å². The molecule has 2 amide bonds. The van der Waals surface area contributed by atoms with Crippen LogP contribution in [0.25, 0.3) is 0 Å². The molecular weight excluding hydrogens is 486 g/mol. The maximum absolute atomic E-state index is 13.4. The summed E-state index contributed by atoms with van der Waals surface area (Å²) in [4.78, 5) is 32.5. The summed E-state index contributed by atoms with van der Waals surface area (Å²) in [5.41, 5.74) is 3.16. The van der Waals surface area contributed by atoms with E-state index in [0.29, 0.717) is 12.3 Å². The topological polar surface area (TPSA) is 53.1 Å². The summed E-state index contributed by atoms with van der Waals surface area (Å²) in [5.74, 6) is 0.518. The highest BCUT2D eigenvalue weighted by molar-refractivity contribution is 6.22. The quantitative estimate of drug-likeness (QED) is 0.238. The molecule has 3 aromatic carbocycles. The van der Waals surface area contributed by atoms with Crippen molar-refractivity contribution < 1.29 is 14.3 Å². The SMILES string of the molecule is CCCCCCOc1ccc(N2C(=O)CC(N3CCN(C(c4ccccc4)c4ccccc4)CC3)C2=O)cc1. The first-order valence-corrected chi connectivity index (χ1v) is 14.3. The number of carbonyl (C=O) groups is 2. The molecule has 2 aliphatic rings. The molecule has 0 N–H and O–H groups in total. The second kappa shape index (κ2) is 13.0. The predicted octanol–water partition coefficient (Wildman–Crippen LogP) is 5.68. The Kier molecular flexibility index (Phi) is 9.07. The number of amides is 2. The lowest BCUT2D eigenvalue weighted by Crippen LogP contribution is -2.53. The lowest BCUT2D eigenvalue weighted by atomic mass is 9.96. The van der Waals surface area contributed by atoms with Crippen molar-refractivity contribution in [2.24, 2.45) is 0 Å². The minimum Gasteiger partial charge on any atom is -0.494 e. The fourth-order valence-electron chi connectivity index (χ4n) is 5.77. The van der Waals surface area contributed by atoms with Crippen LogP contribution in [0.1, 0.15) is 56.2 Å². The minimum atomic E-state index is -0.402. The van der Waals surface area contributed by atoms with Gasteiger partial charge in [0.05, 0.1) is 30.8 Å². The van der Waals surface area contributed by atoms with Crippen LogP contribution < -0.4 is 9.64 Å². The lowest BCUT2D eigenvalue weighted by Gasteiger charge is -2.41. The van der Waals surface area contributed by atoms with Crippen LogP contribution in [0.5, 0.6) is 5.75 Å². The molecule has 2 fully saturated rings. The van der Waals surface area contributed by atoms with E-state index in [1.807, 2.05) is 36.4 Å². The van der Waals surface area contributed by atoms with E-state index in [1.165, 1.54) is 35.3 Å². The van der Waals surface area contributed by atoms with Gasteiger partial charge < -0.3 is 4.74 Å². The van der Waals surface area contributed by atoms with Crippen LogP contribution in [0.2, 0.25) is 0 Å². The molecule has 6 heteroatoms. The molecule has 0 radical (unpaired) electrons. The van der Waals surface area contributed by atoms with E-state index in [9.17, 15) is 9.59 Å². The minimum absolute atomic E-state index is 0.121. The number of imide groups is 1. The van der Waals surface area contributed by atoms with Gasteiger partial charge in [-0.05, 0) is 41.8 Å². The highest BCUT2D eigenvalue weighted by atomic mass is 16.5.